The van der Waals surface area contributed by atoms with Crippen molar-refractivity contribution < 1.29 is 22.3 Å². The number of amides is 1. The van der Waals surface area contributed by atoms with Gasteiger partial charge in [-0.1, -0.05) is 12.1 Å². The Labute approximate surface area is 177 Å². The van der Waals surface area contributed by atoms with Crippen LogP contribution in [0.2, 0.25) is 0 Å². The van der Waals surface area contributed by atoms with Crippen LogP contribution in [0, 0.1) is 11.7 Å². The van der Waals surface area contributed by atoms with Crippen molar-refractivity contribution in [1.82, 2.24) is 9.62 Å². The van der Waals surface area contributed by atoms with Crippen LogP contribution in [0.4, 0.5) is 4.39 Å². The number of methoxy groups -OCH3 is 1. The average molecular weight is 435 g/mol. The molecule has 1 atom stereocenters. The SMILES string of the molecule is COc1ccc(S(=O)(=O)N2CCCC(C(=O)NCCCc3ccc(F)cc3)C2)cc1. The van der Waals surface area contributed by atoms with Crippen LogP contribution in [0.1, 0.15) is 24.8 Å². The molecule has 162 valence electrons. The molecule has 0 saturated carbocycles. The van der Waals surface area contributed by atoms with Crippen LogP contribution in [0.15, 0.2) is 53.4 Å². The van der Waals surface area contributed by atoms with E-state index in [4.69, 9.17) is 4.74 Å². The molecule has 1 saturated heterocycles. The van der Waals surface area contributed by atoms with E-state index in [1.54, 1.807) is 24.3 Å². The summed E-state index contributed by atoms with van der Waals surface area (Å²) in [6, 6.07) is 12.6. The number of hydrogen-bond acceptors (Lipinski definition) is 4. The first kappa shape index (κ1) is 22.2. The molecule has 8 heteroatoms. The predicted octanol–water partition coefficient (Wildman–Crippen LogP) is 2.98. The van der Waals surface area contributed by atoms with Gasteiger partial charge in [-0.2, -0.15) is 4.31 Å². The van der Waals surface area contributed by atoms with Gasteiger partial charge < -0.3 is 10.1 Å². The van der Waals surface area contributed by atoms with Gasteiger partial charge in [0.2, 0.25) is 15.9 Å². The van der Waals surface area contributed by atoms with E-state index in [9.17, 15) is 17.6 Å². The zero-order chi connectivity index (χ0) is 21.6. The maximum atomic E-state index is 12.9. The highest BCUT2D eigenvalue weighted by Gasteiger charge is 2.33. The molecule has 0 aromatic heterocycles. The lowest BCUT2D eigenvalue weighted by Crippen LogP contribution is -2.45. The normalized spacial score (nSPS) is 17.5. The van der Waals surface area contributed by atoms with Crippen molar-refractivity contribution in [1.29, 1.82) is 0 Å². The van der Waals surface area contributed by atoms with Crippen molar-refractivity contribution in [2.75, 3.05) is 26.7 Å². The molecule has 1 heterocycles. The molecule has 1 aliphatic heterocycles. The van der Waals surface area contributed by atoms with Gasteiger partial charge in [0.25, 0.3) is 0 Å². The minimum atomic E-state index is -3.65. The number of piperidine rings is 1. The first-order valence-corrected chi connectivity index (χ1v) is 11.5. The van der Waals surface area contributed by atoms with Gasteiger partial charge in [-0.3, -0.25) is 4.79 Å². The first-order valence-electron chi connectivity index (χ1n) is 10.1. The fraction of sp³-hybridized carbons (Fsp3) is 0.409. The Morgan fingerprint density at radius 3 is 2.53 bits per heavy atom. The van der Waals surface area contributed by atoms with Crippen LogP contribution >= 0.6 is 0 Å². The summed E-state index contributed by atoms with van der Waals surface area (Å²) in [5.74, 6) is -0.162. The summed E-state index contributed by atoms with van der Waals surface area (Å²) in [4.78, 5) is 12.7. The summed E-state index contributed by atoms with van der Waals surface area (Å²) in [5, 5.41) is 2.91. The van der Waals surface area contributed by atoms with E-state index in [1.165, 1.54) is 35.7 Å². The number of ether oxygens (including phenoxy) is 1. The van der Waals surface area contributed by atoms with Crippen LogP contribution in [0.25, 0.3) is 0 Å². The first-order chi connectivity index (χ1) is 14.4. The number of hydrogen-bond donors (Lipinski definition) is 1. The fourth-order valence-corrected chi connectivity index (χ4v) is 5.09. The highest BCUT2D eigenvalue weighted by Crippen LogP contribution is 2.25. The highest BCUT2D eigenvalue weighted by molar-refractivity contribution is 7.89. The number of rotatable bonds is 8. The Bertz CT molecular complexity index is 946. The molecule has 0 radical (unpaired) electrons. The van der Waals surface area contributed by atoms with Crippen LogP contribution in [0.5, 0.6) is 5.75 Å². The second kappa shape index (κ2) is 10.0. The number of nitrogens with zero attached hydrogens (tertiary/aromatic N) is 1. The maximum absolute atomic E-state index is 12.9. The Morgan fingerprint density at radius 1 is 1.17 bits per heavy atom. The predicted molar refractivity (Wildman–Crippen MR) is 112 cm³/mol. The molecule has 0 spiro atoms. The van der Waals surface area contributed by atoms with E-state index in [-0.39, 0.29) is 29.1 Å². The van der Waals surface area contributed by atoms with E-state index in [0.29, 0.717) is 31.7 Å². The third kappa shape index (κ3) is 5.58. The molecule has 2 aromatic carbocycles. The fourth-order valence-electron chi connectivity index (χ4n) is 3.57. The van der Waals surface area contributed by atoms with Gasteiger partial charge in [0.15, 0.2) is 0 Å². The lowest BCUT2D eigenvalue weighted by Gasteiger charge is -2.31. The number of halogens is 1. The molecule has 3 rings (SSSR count). The molecule has 1 fully saturated rings. The highest BCUT2D eigenvalue weighted by atomic mass is 32.2. The van der Waals surface area contributed by atoms with Crippen molar-refractivity contribution in [3.63, 3.8) is 0 Å². The number of carbonyl (C=O) groups is 1. The molecule has 0 bridgehead atoms. The summed E-state index contributed by atoms with van der Waals surface area (Å²) in [7, 11) is -2.13. The molecular formula is C22H27FN2O4S. The van der Waals surface area contributed by atoms with Crippen molar-refractivity contribution in [2.24, 2.45) is 5.92 Å². The molecule has 2 aromatic rings. The lowest BCUT2D eigenvalue weighted by atomic mass is 9.99. The van der Waals surface area contributed by atoms with Crippen molar-refractivity contribution in [3.05, 3.63) is 59.9 Å². The van der Waals surface area contributed by atoms with E-state index in [1.807, 2.05) is 0 Å². The summed E-state index contributed by atoms with van der Waals surface area (Å²) in [6.45, 7) is 1.08. The summed E-state index contributed by atoms with van der Waals surface area (Å²) < 4.78 is 45.2. The number of carbonyl (C=O) groups excluding carboxylic acids is 1. The van der Waals surface area contributed by atoms with Crippen molar-refractivity contribution in [2.45, 2.75) is 30.6 Å². The van der Waals surface area contributed by atoms with Crippen LogP contribution < -0.4 is 10.1 Å². The number of aryl methyl sites for hydroxylation is 1. The van der Waals surface area contributed by atoms with Crippen molar-refractivity contribution in [3.8, 4) is 5.75 Å². The van der Waals surface area contributed by atoms with E-state index in [0.717, 1.165) is 18.4 Å². The topological polar surface area (TPSA) is 75.7 Å². The summed E-state index contributed by atoms with van der Waals surface area (Å²) in [6.07, 6.45) is 2.78. The third-order valence-electron chi connectivity index (χ3n) is 5.31. The molecule has 1 unspecified atom stereocenters. The van der Waals surface area contributed by atoms with Crippen LogP contribution in [0.3, 0.4) is 0 Å². The van der Waals surface area contributed by atoms with E-state index >= 15 is 0 Å². The lowest BCUT2D eigenvalue weighted by molar-refractivity contribution is -0.126. The smallest absolute Gasteiger partial charge is 0.243 e. The molecule has 0 aliphatic carbocycles. The Kier molecular flexibility index (Phi) is 7.44. The minimum Gasteiger partial charge on any atom is -0.497 e. The third-order valence-corrected chi connectivity index (χ3v) is 7.19. The maximum Gasteiger partial charge on any atom is 0.243 e. The second-order valence-electron chi connectivity index (χ2n) is 7.40. The molecule has 1 N–H and O–H groups in total. The average Bonchev–Trinajstić information content (AvgIpc) is 2.78. The van der Waals surface area contributed by atoms with Gasteiger partial charge in [-0.25, -0.2) is 12.8 Å². The monoisotopic (exact) mass is 434 g/mol. The van der Waals surface area contributed by atoms with Gasteiger partial charge in [-0.05, 0) is 67.6 Å². The van der Waals surface area contributed by atoms with Crippen molar-refractivity contribution >= 4 is 15.9 Å². The standard InChI is InChI=1S/C22H27FN2O4S/c1-29-20-10-12-21(13-11-20)30(27,28)25-15-3-5-18(16-25)22(26)24-14-2-4-17-6-8-19(23)9-7-17/h6-13,18H,2-5,14-16H2,1H3,(H,24,26). The Balaban J connectivity index is 1.51. The number of nitrogens with one attached hydrogen (secondary N) is 1. The zero-order valence-corrected chi connectivity index (χ0v) is 17.8. The quantitative estimate of drug-likeness (QED) is 0.648. The number of sulfonamides is 1. The van der Waals surface area contributed by atoms with Gasteiger partial charge in [0.1, 0.15) is 11.6 Å². The second-order valence-corrected chi connectivity index (χ2v) is 9.34. The van der Waals surface area contributed by atoms with Gasteiger partial charge >= 0.3 is 0 Å². The van der Waals surface area contributed by atoms with Gasteiger partial charge in [0, 0.05) is 19.6 Å². The van der Waals surface area contributed by atoms with Gasteiger partial charge in [-0.15, -0.1) is 0 Å². The summed E-state index contributed by atoms with van der Waals surface area (Å²) >= 11 is 0. The zero-order valence-electron chi connectivity index (χ0n) is 17.0. The Hall–Kier alpha value is -2.45. The molecule has 30 heavy (non-hydrogen) atoms. The largest absolute Gasteiger partial charge is 0.497 e. The van der Waals surface area contributed by atoms with Crippen LogP contribution in [-0.4, -0.2) is 45.4 Å². The Morgan fingerprint density at radius 2 is 1.87 bits per heavy atom. The molecule has 1 aliphatic rings. The van der Waals surface area contributed by atoms with E-state index < -0.39 is 10.0 Å². The van der Waals surface area contributed by atoms with E-state index in [2.05, 4.69) is 5.32 Å². The minimum absolute atomic E-state index is 0.122. The van der Waals surface area contributed by atoms with Crippen LogP contribution in [-0.2, 0) is 21.2 Å². The van der Waals surface area contributed by atoms with Gasteiger partial charge in [0.05, 0.1) is 17.9 Å². The molecule has 1 amide bonds. The number of benzene rings is 2. The molecular weight excluding hydrogens is 407 g/mol. The molecule has 6 nitrogen and oxygen atoms in total. The summed E-state index contributed by atoms with van der Waals surface area (Å²) in [5.41, 5.74) is 1.01.